The smallest absolute Gasteiger partial charge is 0.243 e. The fourth-order valence-electron chi connectivity index (χ4n) is 3.89. The molecule has 5 nitrogen and oxygen atoms in total. The van der Waals surface area contributed by atoms with Gasteiger partial charge in [0.2, 0.25) is 15.9 Å². The van der Waals surface area contributed by atoms with Crippen LogP contribution in [0.2, 0.25) is 0 Å². The molecule has 0 atom stereocenters. The molecule has 1 aliphatic heterocycles. The quantitative estimate of drug-likeness (QED) is 0.826. The van der Waals surface area contributed by atoms with Gasteiger partial charge in [0, 0.05) is 25.6 Å². The van der Waals surface area contributed by atoms with Crippen LogP contribution in [0.3, 0.4) is 0 Å². The lowest BCUT2D eigenvalue weighted by molar-refractivity contribution is -0.121. The summed E-state index contributed by atoms with van der Waals surface area (Å²) in [5.41, 5.74) is 1.00. The van der Waals surface area contributed by atoms with E-state index in [2.05, 4.69) is 5.32 Å². The van der Waals surface area contributed by atoms with Gasteiger partial charge in [0.1, 0.15) is 0 Å². The Morgan fingerprint density at radius 3 is 2.23 bits per heavy atom. The summed E-state index contributed by atoms with van der Waals surface area (Å²) in [7, 11) is -3.38. The Bertz CT molecular complexity index is 688. The van der Waals surface area contributed by atoms with Crippen LogP contribution in [-0.2, 0) is 21.2 Å². The zero-order valence-corrected chi connectivity index (χ0v) is 16.3. The fraction of sp³-hybridized carbons (Fsp3) is 0.650. The maximum absolute atomic E-state index is 12.6. The van der Waals surface area contributed by atoms with Gasteiger partial charge in [0.05, 0.1) is 4.90 Å². The van der Waals surface area contributed by atoms with Crippen LogP contribution in [0.5, 0.6) is 0 Å². The summed E-state index contributed by atoms with van der Waals surface area (Å²) in [6.07, 6.45) is 9.95. The first kappa shape index (κ1) is 19.4. The van der Waals surface area contributed by atoms with E-state index in [-0.39, 0.29) is 5.91 Å². The van der Waals surface area contributed by atoms with Crippen LogP contribution >= 0.6 is 0 Å². The minimum Gasteiger partial charge on any atom is -0.353 e. The monoisotopic (exact) mass is 378 g/mol. The molecule has 1 aliphatic carbocycles. The van der Waals surface area contributed by atoms with Crippen molar-refractivity contribution in [3.05, 3.63) is 29.8 Å². The highest BCUT2D eigenvalue weighted by atomic mass is 32.2. The van der Waals surface area contributed by atoms with Crippen molar-refractivity contribution in [2.75, 3.05) is 13.1 Å². The van der Waals surface area contributed by atoms with Gasteiger partial charge in [-0.1, -0.05) is 37.8 Å². The molecule has 1 saturated carbocycles. The van der Waals surface area contributed by atoms with E-state index in [1.807, 2.05) is 12.1 Å². The van der Waals surface area contributed by atoms with Gasteiger partial charge < -0.3 is 5.32 Å². The summed E-state index contributed by atoms with van der Waals surface area (Å²) in [5.74, 6) is 0.0990. The van der Waals surface area contributed by atoms with E-state index in [4.69, 9.17) is 0 Å². The van der Waals surface area contributed by atoms with Crippen LogP contribution in [0.15, 0.2) is 29.2 Å². The van der Waals surface area contributed by atoms with Crippen molar-refractivity contribution in [1.29, 1.82) is 0 Å². The molecule has 1 aromatic carbocycles. The SMILES string of the molecule is O=C(CCc1ccc(S(=O)(=O)N2CCCCC2)cc1)NC1CCCCC1. The Labute approximate surface area is 157 Å². The van der Waals surface area contributed by atoms with E-state index in [9.17, 15) is 13.2 Å². The topological polar surface area (TPSA) is 66.5 Å². The molecular formula is C20H30N2O3S. The van der Waals surface area contributed by atoms with Crippen molar-refractivity contribution >= 4 is 15.9 Å². The number of benzene rings is 1. The van der Waals surface area contributed by atoms with Gasteiger partial charge in [-0.25, -0.2) is 8.42 Å². The molecule has 1 N–H and O–H groups in total. The number of nitrogens with zero attached hydrogens (tertiary/aromatic N) is 1. The first-order valence-electron chi connectivity index (χ1n) is 9.94. The van der Waals surface area contributed by atoms with Crippen LogP contribution in [0.25, 0.3) is 0 Å². The Kier molecular flexibility index (Phi) is 6.70. The molecule has 3 rings (SSSR count). The summed E-state index contributed by atoms with van der Waals surface area (Å²) in [6, 6.07) is 7.37. The van der Waals surface area contributed by atoms with E-state index in [1.165, 1.54) is 19.3 Å². The average molecular weight is 379 g/mol. The van der Waals surface area contributed by atoms with Gasteiger partial charge in [-0.05, 0) is 49.8 Å². The number of rotatable bonds is 6. The third kappa shape index (κ3) is 5.07. The van der Waals surface area contributed by atoms with E-state index in [0.29, 0.717) is 36.9 Å². The third-order valence-corrected chi connectivity index (χ3v) is 7.40. The van der Waals surface area contributed by atoms with Gasteiger partial charge >= 0.3 is 0 Å². The molecule has 2 fully saturated rings. The Hall–Kier alpha value is -1.40. The van der Waals surface area contributed by atoms with Crippen LogP contribution < -0.4 is 5.32 Å². The van der Waals surface area contributed by atoms with E-state index in [1.54, 1.807) is 16.4 Å². The van der Waals surface area contributed by atoms with Crippen molar-refractivity contribution in [3.8, 4) is 0 Å². The highest BCUT2D eigenvalue weighted by Gasteiger charge is 2.25. The average Bonchev–Trinajstić information content (AvgIpc) is 2.68. The number of piperidine rings is 1. The second-order valence-corrected chi connectivity index (χ2v) is 9.45. The molecule has 26 heavy (non-hydrogen) atoms. The number of amides is 1. The van der Waals surface area contributed by atoms with Crippen LogP contribution in [0.1, 0.15) is 63.4 Å². The lowest BCUT2D eigenvalue weighted by atomic mass is 9.95. The highest BCUT2D eigenvalue weighted by molar-refractivity contribution is 7.89. The molecule has 1 amide bonds. The lowest BCUT2D eigenvalue weighted by Gasteiger charge is -2.25. The van der Waals surface area contributed by atoms with E-state index in [0.717, 1.165) is 37.7 Å². The highest BCUT2D eigenvalue weighted by Crippen LogP contribution is 2.21. The van der Waals surface area contributed by atoms with Crippen molar-refractivity contribution < 1.29 is 13.2 Å². The number of aryl methyl sites for hydroxylation is 1. The van der Waals surface area contributed by atoms with E-state index >= 15 is 0 Å². The van der Waals surface area contributed by atoms with Crippen molar-refractivity contribution in [2.24, 2.45) is 0 Å². The summed E-state index contributed by atoms with van der Waals surface area (Å²) in [4.78, 5) is 12.5. The molecule has 0 aromatic heterocycles. The number of hydrogen-bond donors (Lipinski definition) is 1. The van der Waals surface area contributed by atoms with Crippen LogP contribution in [-0.4, -0.2) is 37.8 Å². The summed E-state index contributed by atoms with van der Waals surface area (Å²) < 4.78 is 26.9. The standard InChI is InChI=1S/C20H30N2O3S/c23-20(21-18-7-3-1-4-8-18)14-11-17-9-12-19(13-10-17)26(24,25)22-15-5-2-6-16-22/h9-10,12-13,18H,1-8,11,14-16H2,(H,21,23). The molecule has 144 valence electrons. The number of sulfonamides is 1. The lowest BCUT2D eigenvalue weighted by Crippen LogP contribution is -2.36. The second kappa shape index (κ2) is 9.00. The first-order valence-corrected chi connectivity index (χ1v) is 11.4. The minimum atomic E-state index is -3.38. The molecule has 0 spiro atoms. The number of hydrogen-bond acceptors (Lipinski definition) is 3. The first-order chi connectivity index (χ1) is 12.6. The fourth-order valence-corrected chi connectivity index (χ4v) is 5.40. The van der Waals surface area contributed by atoms with Gasteiger partial charge in [-0.2, -0.15) is 4.31 Å². The largest absolute Gasteiger partial charge is 0.353 e. The predicted molar refractivity (Wildman–Crippen MR) is 102 cm³/mol. The van der Waals surface area contributed by atoms with Crippen LogP contribution in [0.4, 0.5) is 0 Å². The Morgan fingerprint density at radius 1 is 0.962 bits per heavy atom. The molecule has 0 radical (unpaired) electrons. The zero-order valence-electron chi connectivity index (χ0n) is 15.5. The second-order valence-electron chi connectivity index (χ2n) is 7.51. The van der Waals surface area contributed by atoms with Gasteiger partial charge in [0.15, 0.2) is 0 Å². The van der Waals surface area contributed by atoms with Crippen molar-refractivity contribution in [2.45, 2.75) is 75.1 Å². The van der Waals surface area contributed by atoms with Gasteiger partial charge in [-0.15, -0.1) is 0 Å². The molecule has 2 aliphatic rings. The van der Waals surface area contributed by atoms with Gasteiger partial charge in [-0.3, -0.25) is 4.79 Å². The van der Waals surface area contributed by atoms with E-state index < -0.39 is 10.0 Å². The number of nitrogens with one attached hydrogen (secondary N) is 1. The molecular weight excluding hydrogens is 348 g/mol. The van der Waals surface area contributed by atoms with Gasteiger partial charge in [0.25, 0.3) is 0 Å². The number of carbonyl (C=O) groups is 1. The zero-order chi connectivity index (χ0) is 18.4. The maximum Gasteiger partial charge on any atom is 0.243 e. The van der Waals surface area contributed by atoms with Crippen molar-refractivity contribution in [3.63, 3.8) is 0 Å². The van der Waals surface area contributed by atoms with Crippen molar-refractivity contribution in [1.82, 2.24) is 9.62 Å². The van der Waals surface area contributed by atoms with Crippen LogP contribution in [0, 0.1) is 0 Å². The molecule has 1 saturated heterocycles. The minimum absolute atomic E-state index is 0.0990. The Balaban J connectivity index is 1.51. The Morgan fingerprint density at radius 2 is 1.58 bits per heavy atom. The normalized spacial score (nSPS) is 20.0. The molecule has 1 heterocycles. The summed E-state index contributed by atoms with van der Waals surface area (Å²) >= 11 is 0. The molecule has 6 heteroatoms. The molecule has 1 aromatic rings. The predicted octanol–water partition coefficient (Wildman–Crippen LogP) is 3.24. The number of carbonyl (C=O) groups excluding carboxylic acids is 1. The maximum atomic E-state index is 12.6. The third-order valence-electron chi connectivity index (χ3n) is 5.49. The molecule has 0 bridgehead atoms. The summed E-state index contributed by atoms with van der Waals surface area (Å²) in [6.45, 7) is 1.23. The summed E-state index contributed by atoms with van der Waals surface area (Å²) in [5, 5.41) is 3.13. The molecule has 0 unspecified atom stereocenters.